The molecule has 1 fully saturated rings. The Bertz CT molecular complexity index is 95.6. The molecule has 1 heterocycles. The van der Waals surface area contributed by atoms with Gasteiger partial charge >= 0.3 is 0 Å². The van der Waals surface area contributed by atoms with Crippen LogP contribution in [0.3, 0.4) is 0 Å². The number of β-amino-alcohol motifs (C(OH)–C–C–N with tert-alkyl or cyclic N) is 1. The van der Waals surface area contributed by atoms with E-state index in [0.29, 0.717) is 6.04 Å². The second-order valence-electron chi connectivity index (χ2n) is 2.81. The van der Waals surface area contributed by atoms with Crippen molar-refractivity contribution in [3.63, 3.8) is 0 Å². The molecule has 3 nitrogen and oxygen atoms in total. The molecule has 0 aromatic carbocycles. The van der Waals surface area contributed by atoms with Crippen LogP contribution in [-0.2, 0) is 0 Å². The minimum atomic E-state index is 0.282. The van der Waals surface area contributed by atoms with Crippen molar-refractivity contribution in [1.29, 1.82) is 0 Å². The normalized spacial score (nSPS) is 28.8. The lowest BCUT2D eigenvalue weighted by Crippen LogP contribution is -2.50. The lowest BCUT2D eigenvalue weighted by Gasteiger charge is -2.33. The molecule has 0 bridgehead atoms. The third-order valence-corrected chi connectivity index (χ3v) is 2.03. The molecule has 2 N–H and O–H groups in total. The van der Waals surface area contributed by atoms with Crippen LogP contribution in [0.15, 0.2) is 0 Å². The highest BCUT2D eigenvalue weighted by Crippen LogP contribution is 1.99. The number of hydrogen-bond acceptors (Lipinski definition) is 3. The lowest BCUT2D eigenvalue weighted by molar-refractivity contribution is 0.136. The molecule has 0 unspecified atom stereocenters. The second kappa shape index (κ2) is 3.91. The van der Waals surface area contributed by atoms with Crippen LogP contribution in [0, 0.1) is 0 Å². The van der Waals surface area contributed by atoms with Gasteiger partial charge in [0, 0.05) is 32.2 Å². The van der Waals surface area contributed by atoms with Crippen molar-refractivity contribution < 1.29 is 5.11 Å². The molecule has 0 aliphatic carbocycles. The van der Waals surface area contributed by atoms with Crippen molar-refractivity contribution in [3.05, 3.63) is 0 Å². The van der Waals surface area contributed by atoms with Crippen molar-refractivity contribution >= 4 is 0 Å². The fourth-order valence-electron chi connectivity index (χ4n) is 1.34. The number of rotatable bonds is 2. The molecule has 0 saturated carbocycles. The van der Waals surface area contributed by atoms with Crippen molar-refractivity contribution in [2.45, 2.75) is 13.0 Å². The highest BCUT2D eigenvalue weighted by Gasteiger charge is 2.15. The van der Waals surface area contributed by atoms with Crippen LogP contribution in [0.4, 0.5) is 0 Å². The van der Waals surface area contributed by atoms with Gasteiger partial charge in [-0.05, 0) is 6.92 Å². The van der Waals surface area contributed by atoms with Gasteiger partial charge in [-0.25, -0.2) is 0 Å². The van der Waals surface area contributed by atoms with Crippen molar-refractivity contribution in [1.82, 2.24) is 10.2 Å². The van der Waals surface area contributed by atoms with Crippen LogP contribution in [-0.4, -0.2) is 48.8 Å². The third kappa shape index (κ3) is 1.94. The van der Waals surface area contributed by atoms with E-state index in [1.165, 1.54) is 0 Å². The first kappa shape index (κ1) is 7.98. The fourth-order valence-corrected chi connectivity index (χ4v) is 1.34. The summed E-state index contributed by atoms with van der Waals surface area (Å²) in [7, 11) is 0. The SMILES string of the molecule is C[C@H]1CNCCN1CCO. The minimum Gasteiger partial charge on any atom is -0.395 e. The smallest absolute Gasteiger partial charge is 0.0558 e. The van der Waals surface area contributed by atoms with Crippen molar-refractivity contribution in [3.8, 4) is 0 Å². The summed E-state index contributed by atoms with van der Waals surface area (Å²) in [6.45, 7) is 6.47. The molecule has 0 aromatic heterocycles. The Kier molecular flexibility index (Phi) is 3.12. The molecule has 0 aromatic rings. The maximum absolute atomic E-state index is 8.67. The number of hydrogen-bond donors (Lipinski definition) is 2. The third-order valence-electron chi connectivity index (χ3n) is 2.03. The summed E-state index contributed by atoms with van der Waals surface area (Å²) >= 11 is 0. The zero-order valence-electron chi connectivity index (χ0n) is 6.51. The number of nitrogens with zero attached hydrogens (tertiary/aromatic N) is 1. The molecule has 1 aliphatic rings. The first-order valence-electron chi connectivity index (χ1n) is 3.90. The van der Waals surface area contributed by atoms with Crippen LogP contribution in [0.2, 0.25) is 0 Å². The van der Waals surface area contributed by atoms with E-state index in [0.717, 1.165) is 26.2 Å². The fraction of sp³-hybridized carbons (Fsp3) is 1.00. The first-order chi connectivity index (χ1) is 4.84. The molecule has 1 aliphatic heterocycles. The topological polar surface area (TPSA) is 35.5 Å². The molecule has 1 rings (SSSR count). The number of piperazine rings is 1. The Morgan fingerprint density at radius 3 is 3.10 bits per heavy atom. The zero-order chi connectivity index (χ0) is 7.40. The average molecular weight is 144 g/mol. The second-order valence-corrected chi connectivity index (χ2v) is 2.81. The highest BCUT2D eigenvalue weighted by molar-refractivity contribution is 4.75. The zero-order valence-corrected chi connectivity index (χ0v) is 6.51. The quantitative estimate of drug-likeness (QED) is 0.536. The molecule has 1 atom stereocenters. The Morgan fingerprint density at radius 2 is 2.50 bits per heavy atom. The van der Waals surface area contributed by atoms with E-state index in [2.05, 4.69) is 17.1 Å². The van der Waals surface area contributed by atoms with E-state index in [1.807, 2.05) is 0 Å². The summed E-state index contributed by atoms with van der Waals surface area (Å²) in [5.41, 5.74) is 0. The maximum Gasteiger partial charge on any atom is 0.0558 e. The van der Waals surface area contributed by atoms with Gasteiger partial charge in [-0.3, -0.25) is 4.90 Å². The molecule has 0 radical (unpaired) electrons. The van der Waals surface area contributed by atoms with E-state index in [9.17, 15) is 0 Å². The predicted octanol–water partition coefficient (Wildman–Crippen LogP) is -0.728. The van der Waals surface area contributed by atoms with Gasteiger partial charge in [0.2, 0.25) is 0 Å². The minimum absolute atomic E-state index is 0.282. The predicted molar refractivity (Wildman–Crippen MR) is 41.0 cm³/mol. The lowest BCUT2D eigenvalue weighted by atomic mass is 10.2. The van der Waals surface area contributed by atoms with Crippen LogP contribution in [0.1, 0.15) is 6.92 Å². The summed E-state index contributed by atoms with van der Waals surface area (Å²) < 4.78 is 0. The molecule has 1 saturated heterocycles. The first-order valence-corrected chi connectivity index (χ1v) is 3.90. The van der Waals surface area contributed by atoms with Gasteiger partial charge in [0.15, 0.2) is 0 Å². The Balaban J connectivity index is 2.25. The van der Waals surface area contributed by atoms with E-state index in [4.69, 9.17) is 5.11 Å². The average Bonchev–Trinajstić information content (AvgIpc) is 1.94. The Labute approximate surface area is 62.0 Å². The molecular formula is C7H16N2O. The van der Waals surface area contributed by atoms with Crippen molar-refractivity contribution in [2.24, 2.45) is 0 Å². The molecule has 0 spiro atoms. The van der Waals surface area contributed by atoms with Crippen molar-refractivity contribution in [2.75, 3.05) is 32.8 Å². The van der Waals surface area contributed by atoms with Crippen LogP contribution in [0.5, 0.6) is 0 Å². The van der Waals surface area contributed by atoms with Gasteiger partial charge in [-0.2, -0.15) is 0 Å². The van der Waals surface area contributed by atoms with Gasteiger partial charge in [0.25, 0.3) is 0 Å². The van der Waals surface area contributed by atoms with Gasteiger partial charge in [0.1, 0.15) is 0 Å². The van der Waals surface area contributed by atoms with E-state index in [-0.39, 0.29) is 6.61 Å². The summed E-state index contributed by atoms with van der Waals surface area (Å²) in [6, 6.07) is 0.584. The maximum atomic E-state index is 8.67. The van der Waals surface area contributed by atoms with E-state index < -0.39 is 0 Å². The largest absolute Gasteiger partial charge is 0.395 e. The van der Waals surface area contributed by atoms with Crippen LogP contribution in [0.25, 0.3) is 0 Å². The van der Waals surface area contributed by atoms with Gasteiger partial charge < -0.3 is 10.4 Å². The standard InChI is InChI=1S/C7H16N2O/c1-7-6-8-2-3-9(7)4-5-10/h7-8,10H,2-6H2,1H3/t7-/m0/s1. The summed E-state index contributed by atoms with van der Waals surface area (Å²) in [5.74, 6) is 0. The molecular weight excluding hydrogens is 128 g/mol. The summed E-state index contributed by atoms with van der Waals surface area (Å²) in [6.07, 6.45) is 0. The number of aliphatic hydroxyl groups excluding tert-OH is 1. The van der Waals surface area contributed by atoms with Gasteiger partial charge in [-0.1, -0.05) is 0 Å². The Hall–Kier alpha value is -0.120. The molecule has 10 heavy (non-hydrogen) atoms. The number of aliphatic hydroxyl groups is 1. The molecule has 3 heteroatoms. The van der Waals surface area contributed by atoms with Gasteiger partial charge in [0.05, 0.1) is 6.61 Å². The summed E-state index contributed by atoms with van der Waals surface area (Å²) in [5, 5.41) is 12.0. The molecule has 0 amide bonds. The monoisotopic (exact) mass is 144 g/mol. The summed E-state index contributed by atoms with van der Waals surface area (Å²) in [4.78, 5) is 2.30. The number of nitrogens with one attached hydrogen (secondary N) is 1. The van der Waals surface area contributed by atoms with Crippen LogP contribution < -0.4 is 5.32 Å². The van der Waals surface area contributed by atoms with E-state index >= 15 is 0 Å². The van der Waals surface area contributed by atoms with Crippen LogP contribution >= 0.6 is 0 Å². The van der Waals surface area contributed by atoms with E-state index in [1.54, 1.807) is 0 Å². The Morgan fingerprint density at radius 1 is 1.70 bits per heavy atom. The van der Waals surface area contributed by atoms with Gasteiger partial charge in [-0.15, -0.1) is 0 Å². The highest BCUT2D eigenvalue weighted by atomic mass is 16.3. The molecule has 60 valence electrons.